The van der Waals surface area contributed by atoms with Crippen LogP contribution in [0.5, 0.6) is 17.2 Å². The molecule has 6 heteroatoms. The Morgan fingerprint density at radius 1 is 0.880 bits per heavy atom. The lowest BCUT2D eigenvalue weighted by molar-refractivity contribution is 0.121. The highest BCUT2D eigenvalue weighted by Gasteiger charge is 2.19. The predicted octanol–water partition coefficient (Wildman–Crippen LogP) is 3.20. The first kappa shape index (κ1) is 16.7. The van der Waals surface area contributed by atoms with Crippen LogP contribution in [0.2, 0.25) is 0 Å². The van der Waals surface area contributed by atoms with Crippen molar-refractivity contribution in [1.29, 1.82) is 0 Å². The van der Waals surface area contributed by atoms with Crippen LogP contribution in [0, 0.1) is 0 Å². The summed E-state index contributed by atoms with van der Waals surface area (Å²) in [6.45, 7) is 6.05. The molecule has 132 valence electrons. The second kappa shape index (κ2) is 7.23. The van der Waals surface area contributed by atoms with E-state index in [2.05, 4.69) is 37.9 Å². The van der Waals surface area contributed by atoms with E-state index in [-0.39, 0.29) is 0 Å². The van der Waals surface area contributed by atoms with Crippen molar-refractivity contribution in [3.05, 3.63) is 52.0 Å². The van der Waals surface area contributed by atoms with Crippen LogP contribution >= 0.6 is 15.9 Å². The molecular formula is C19H21BrN2O3. The van der Waals surface area contributed by atoms with E-state index in [4.69, 9.17) is 9.47 Å². The summed E-state index contributed by atoms with van der Waals surface area (Å²) in [7, 11) is 0. The third-order valence-corrected chi connectivity index (χ3v) is 5.24. The minimum Gasteiger partial charge on any atom is -0.508 e. The number of ether oxygens (including phenoxy) is 2. The van der Waals surface area contributed by atoms with Crippen LogP contribution in [0.25, 0.3) is 0 Å². The van der Waals surface area contributed by atoms with Crippen LogP contribution in [0.3, 0.4) is 0 Å². The van der Waals surface area contributed by atoms with E-state index in [0.29, 0.717) is 12.5 Å². The largest absolute Gasteiger partial charge is 0.508 e. The first-order valence-corrected chi connectivity index (χ1v) is 9.27. The van der Waals surface area contributed by atoms with E-state index in [1.54, 1.807) is 6.07 Å². The normalized spacial score (nSPS) is 17.8. The van der Waals surface area contributed by atoms with E-state index in [1.807, 2.05) is 18.2 Å². The molecule has 0 atom stereocenters. The Morgan fingerprint density at radius 2 is 1.60 bits per heavy atom. The fraction of sp³-hybridized carbons (Fsp3) is 0.368. The Labute approximate surface area is 155 Å². The number of phenolic OH excluding ortho intramolecular Hbond substituents is 1. The van der Waals surface area contributed by atoms with Gasteiger partial charge in [-0.3, -0.25) is 9.80 Å². The number of rotatable bonds is 4. The number of halogens is 1. The maximum Gasteiger partial charge on any atom is 0.231 e. The molecule has 0 aliphatic carbocycles. The summed E-state index contributed by atoms with van der Waals surface area (Å²) < 4.78 is 11.8. The van der Waals surface area contributed by atoms with E-state index in [9.17, 15) is 5.11 Å². The lowest BCUT2D eigenvalue weighted by atomic mass is 10.1. The second-order valence-electron chi connectivity index (χ2n) is 6.51. The minimum absolute atomic E-state index is 0.319. The van der Waals surface area contributed by atoms with E-state index in [1.165, 1.54) is 5.56 Å². The van der Waals surface area contributed by atoms with Crippen molar-refractivity contribution in [1.82, 2.24) is 9.80 Å². The monoisotopic (exact) mass is 404 g/mol. The molecule has 1 fully saturated rings. The average Bonchev–Trinajstić information content (AvgIpc) is 3.08. The fourth-order valence-corrected chi connectivity index (χ4v) is 3.73. The van der Waals surface area contributed by atoms with Gasteiger partial charge in [0.25, 0.3) is 0 Å². The highest BCUT2D eigenvalue weighted by Crippen LogP contribution is 2.33. The highest BCUT2D eigenvalue weighted by atomic mass is 79.9. The summed E-state index contributed by atoms with van der Waals surface area (Å²) in [4.78, 5) is 4.84. The van der Waals surface area contributed by atoms with Gasteiger partial charge in [0.15, 0.2) is 11.5 Å². The Kier molecular flexibility index (Phi) is 4.83. The SMILES string of the molecule is Oc1ccc(Br)cc1CN1CCN(Cc2ccc3c(c2)OCO3)CC1. The van der Waals surface area contributed by atoms with Crippen molar-refractivity contribution >= 4 is 15.9 Å². The molecule has 0 unspecified atom stereocenters. The molecule has 1 saturated heterocycles. The lowest BCUT2D eigenvalue weighted by Crippen LogP contribution is -2.45. The van der Waals surface area contributed by atoms with Gasteiger partial charge < -0.3 is 14.6 Å². The van der Waals surface area contributed by atoms with Gasteiger partial charge in [0.1, 0.15) is 5.75 Å². The summed E-state index contributed by atoms with van der Waals surface area (Å²) in [6, 6.07) is 11.8. The fourth-order valence-electron chi connectivity index (χ4n) is 3.32. The Bertz CT molecular complexity index is 760. The number of phenols is 1. The van der Waals surface area contributed by atoms with Crippen LogP contribution in [-0.4, -0.2) is 47.9 Å². The molecule has 0 saturated carbocycles. The summed E-state index contributed by atoms with van der Waals surface area (Å²) >= 11 is 3.47. The number of hydrogen-bond donors (Lipinski definition) is 1. The van der Waals surface area contributed by atoms with Crippen molar-refractivity contribution in [3.8, 4) is 17.2 Å². The van der Waals surface area contributed by atoms with Crippen LogP contribution in [0.1, 0.15) is 11.1 Å². The van der Waals surface area contributed by atoms with Crippen molar-refractivity contribution in [3.63, 3.8) is 0 Å². The van der Waals surface area contributed by atoms with Gasteiger partial charge in [-0.2, -0.15) is 0 Å². The zero-order valence-electron chi connectivity index (χ0n) is 13.9. The van der Waals surface area contributed by atoms with Gasteiger partial charge >= 0.3 is 0 Å². The second-order valence-corrected chi connectivity index (χ2v) is 7.43. The zero-order valence-corrected chi connectivity index (χ0v) is 15.5. The Hall–Kier alpha value is -1.76. The first-order chi connectivity index (χ1) is 12.2. The molecule has 2 aliphatic heterocycles. The topological polar surface area (TPSA) is 45.2 Å². The van der Waals surface area contributed by atoms with Gasteiger partial charge in [0, 0.05) is 49.3 Å². The summed E-state index contributed by atoms with van der Waals surface area (Å²) in [6.07, 6.45) is 0. The van der Waals surface area contributed by atoms with Crippen molar-refractivity contribution in [2.75, 3.05) is 33.0 Å². The maximum absolute atomic E-state index is 10.0. The molecule has 5 nitrogen and oxygen atoms in total. The number of piperazine rings is 1. The Morgan fingerprint density at radius 3 is 2.40 bits per heavy atom. The van der Waals surface area contributed by atoms with E-state index in [0.717, 1.165) is 60.8 Å². The van der Waals surface area contributed by atoms with Gasteiger partial charge in [-0.15, -0.1) is 0 Å². The van der Waals surface area contributed by atoms with Gasteiger partial charge in [0.2, 0.25) is 6.79 Å². The van der Waals surface area contributed by atoms with Gasteiger partial charge in [-0.1, -0.05) is 22.0 Å². The molecule has 0 radical (unpaired) electrons. The predicted molar refractivity (Wildman–Crippen MR) is 98.9 cm³/mol. The lowest BCUT2D eigenvalue weighted by Gasteiger charge is -2.34. The molecule has 2 aliphatic rings. The number of fused-ring (bicyclic) bond motifs is 1. The summed E-state index contributed by atoms with van der Waals surface area (Å²) in [5.41, 5.74) is 2.22. The molecule has 1 N–H and O–H groups in total. The third kappa shape index (κ3) is 3.92. The zero-order chi connectivity index (χ0) is 17.2. The number of hydrogen-bond acceptors (Lipinski definition) is 5. The van der Waals surface area contributed by atoms with E-state index >= 15 is 0 Å². The molecule has 2 aromatic carbocycles. The minimum atomic E-state index is 0.319. The molecule has 2 heterocycles. The van der Waals surface area contributed by atoms with Crippen molar-refractivity contribution < 1.29 is 14.6 Å². The van der Waals surface area contributed by atoms with Crippen molar-refractivity contribution in [2.24, 2.45) is 0 Å². The third-order valence-electron chi connectivity index (χ3n) is 4.74. The summed E-state index contributed by atoms with van der Waals surface area (Å²) in [5.74, 6) is 2.05. The molecule has 0 aromatic heterocycles. The quantitative estimate of drug-likeness (QED) is 0.847. The smallest absolute Gasteiger partial charge is 0.231 e. The molecule has 0 spiro atoms. The molecular weight excluding hydrogens is 384 g/mol. The number of aromatic hydroxyl groups is 1. The Balaban J connectivity index is 1.31. The molecule has 4 rings (SSSR count). The van der Waals surface area contributed by atoms with Gasteiger partial charge in [-0.05, 0) is 35.9 Å². The molecule has 0 amide bonds. The van der Waals surface area contributed by atoms with Crippen LogP contribution in [0.4, 0.5) is 0 Å². The maximum atomic E-state index is 10.0. The van der Waals surface area contributed by atoms with Crippen LogP contribution in [-0.2, 0) is 13.1 Å². The average molecular weight is 405 g/mol. The standard InChI is InChI=1S/C19H21BrN2O3/c20-16-2-3-17(23)15(10-16)12-22-7-5-21(6-8-22)11-14-1-4-18-19(9-14)25-13-24-18/h1-4,9-10,23H,5-8,11-13H2. The van der Waals surface area contributed by atoms with Crippen LogP contribution < -0.4 is 9.47 Å². The molecule has 0 bridgehead atoms. The van der Waals surface area contributed by atoms with Gasteiger partial charge in [0.05, 0.1) is 0 Å². The highest BCUT2D eigenvalue weighted by molar-refractivity contribution is 9.10. The first-order valence-electron chi connectivity index (χ1n) is 8.48. The summed E-state index contributed by atoms with van der Waals surface area (Å²) in [5, 5.41) is 10.0. The molecule has 2 aromatic rings. The number of nitrogens with zero attached hydrogens (tertiary/aromatic N) is 2. The molecule has 25 heavy (non-hydrogen) atoms. The van der Waals surface area contributed by atoms with Crippen LogP contribution in [0.15, 0.2) is 40.9 Å². The van der Waals surface area contributed by atoms with Gasteiger partial charge in [-0.25, -0.2) is 0 Å². The van der Waals surface area contributed by atoms with E-state index < -0.39 is 0 Å². The van der Waals surface area contributed by atoms with Crippen molar-refractivity contribution in [2.45, 2.75) is 13.1 Å². The number of benzene rings is 2.